The van der Waals surface area contributed by atoms with E-state index in [1.165, 1.54) is 12.1 Å². The van der Waals surface area contributed by atoms with E-state index in [-0.39, 0.29) is 18.0 Å². The van der Waals surface area contributed by atoms with Gasteiger partial charge in [0.05, 0.1) is 17.4 Å². The number of benzene rings is 1. The molecule has 0 unspecified atom stereocenters. The predicted molar refractivity (Wildman–Crippen MR) is 108 cm³/mol. The van der Waals surface area contributed by atoms with Gasteiger partial charge in [0.15, 0.2) is 5.78 Å². The highest BCUT2D eigenvalue weighted by Crippen LogP contribution is 2.21. The monoisotopic (exact) mass is 379 g/mol. The smallest absolute Gasteiger partial charge is 0.225 e. The van der Waals surface area contributed by atoms with E-state index < -0.39 is 0 Å². The third kappa shape index (κ3) is 4.68. The second-order valence-corrected chi connectivity index (χ2v) is 6.21. The summed E-state index contributed by atoms with van der Waals surface area (Å²) in [4.78, 5) is 27.4. The lowest BCUT2D eigenvalue weighted by Crippen LogP contribution is -2.24. The van der Waals surface area contributed by atoms with Gasteiger partial charge in [0.2, 0.25) is 5.95 Å². The van der Waals surface area contributed by atoms with Crippen molar-refractivity contribution in [3.05, 3.63) is 72.1 Å². The number of nitrogens with zero attached hydrogens (tertiary/aromatic N) is 4. The van der Waals surface area contributed by atoms with Crippen LogP contribution in [0.4, 0.5) is 21.7 Å². The summed E-state index contributed by atoms with van der Waals surface area (Å²) in [6, 6.07) is 7.80. The van der Waals surface area contributed by atoms with Gasteiger partial charge < -0.3 is 10.2 Å². The Bertz CT molecular complexity index is 924. The Balaban J connectivity index is 1.74. The molecule has 1 aromatic carbocycles. The van der Waals surface area contributed by atoms with Crippen molar-refractivity contribution in [3.63, 3.8) is 0 Å². The quantitative estimate of drug-likeness (QED) is 0.596. The highest BCUT2D eigenvalue weighted by Gasteiger charge is 2.13. The Morgan fingerprint density at radius 2 is 1.71 bits per heavy atom. The molecule has 0 amide bonds. The number of aromatic nitrogens is 3. The van der Waals surface area contributed by atoms with Crippen molar-refractivity contribution in [1.82, 2.24) is 15.0 Å². The predicted octanol–water partition coefficient (Wildman–Crippen LogP) is 4.03. The van der Waals surface area contributed by atoms with Crippen LogP contribution in [0.15, 0.2) is 55.1 Å². The highest BCUT2D eigenvalue weighted by molar-refractivity contribution is 5.97. The molecule has 6 nitrogen and oxygen atoms in total. The lowest BCUT2D eigenvalue weighted by atomic mass is 10.0. The topological polar surface area (TPSA) is 71.0 Å². The Labute approximate surface area is 163 Å². The molecule has 3 rings (SSSR count). The molecule has 0 aliphatic carbocycles. The number of carbonyl (C=O) groups is 1. The Morgan fingerprint density at radius 3 is 2.36 bits per heavy atom. The number of hydrogen-bond donors (Lipinski definition) is 1. The molecule has 0 spiro atoms. The van der Waals surface area contributed by atoms with Gasteiger partial charge in [-0.25, -0.2) is 14.4 Å². The molecule has 0 fully saturated rings. The summed E-state index contributed by atoms with van der Waals surface area (Å²) < 4.78 is 13.1. The van der Waals surface area contributed by atoms with E-state index in [4.69, 9.17) is 0 Å². The number of nitrogens with one attached hydrogen (secondary N) is 1. The van der Waals surface area contributed by atoms with Crippen molar-refractivity contribution in [2.24, 2.45) is 0 Å². The number of halogens is 1. The molecule has 0 atom stereocenters. The maximum atomic E-state index is 13.1. The normalized spacial score (nSPS) is 10.5. The van der Waals surface area contributed by atoms with Crippen LogP contribution in [-0.2, 0) is 6.42 Å². The first-order valence-corrected chi connectivity index (χ1v) is 9.16. The first-order valence-electron chi connectivity index (χ1n) is 9.16. The fourth-order valence-electron chi connectivity index (χ4n) is 2.79. The van der Waals surface area contributed by atoms with Crippen LogP contribution in [0.1, 0.15) is 29.8 Å². The lowest BCUT2D eigenvalue weighted by Gasteiger charge is -2.18. The zero-order chi connectivity index (χ0) is 19.9. The van der Waals surface area contributed by atoms with E-state index in [0.717, 1.165) is 24.3 Å². The molecule has 2 aromatic heterocycles. The Kier molecular flexibility index (Phi) is 6.26. The summed E-state index contributed by atoms with van der Waals surface area (Å²) in [7, 11) is 0. The molecule has 0 radical (unpaired) electrons. The van der Waals surface area contributed by atoms with Crippen LogP contribution in [0.25, 0.3) is 0 Å². The van der Waals surface area contributed by atoms with Gasteiger partial charge in [0.1, 0.15) is 5.82 Å². The zero-order valence-electron chi connectivity index (χ0n) is 15.9. The Hall–Kier alpha value is -3.35. The number of anilines is 3. The van der Waals surface area contributed by atoms with Crippen molar-refractivity contribution in [2.45, 2.75) is 20.3 Å². The van der Waals surface area contributed by atoms with Crippen molar-refractivity contribution in [1.29, 1.82) is 0 Å². The summed E-state index contributed by atoms with van der Waals surface area (Å²) in [6.07, 6.45) is 6.60. The van der Waals surface area contributed by atoms with Crippen LogP contribution < -0.4 is 10.2 Å². The number of hydrogen-bond acceptors (Lipinski definition) is 6. The molecule has 1 N–H and O–H groups in total. The highest BCUT2D eigenvalue weighted by atomic mass is 19.1. The summed E-state index contributed by atoms with van der Waals surface area (Å²) in [6.45, 7) is 5.68. The molecule has 28 heavy (non-hydrogen) atoms. The number of carbonyl (C=O) groups excluding carboxylic acids is 1. The van der Waals surface area contributed by atoms with Crippen LogP contribution in [0.2, 0.25) is 0 Å². The lowest BCUT2D eigenvalue weighted by molar-refractivity contribution is 0.0992. The van der Waals surface area contributed by atoms with Gasteiger partial charge in [-0.3, -0.25) is 9.78 Å². The minimum atomic E-state index is -0.305. The number of pyridine rings is 1. The van der Waals surface area contributed by atoms with Crippen LogP contribution >= 0.6 is 0 Å². The molecule has 0 saturated carbocycles. The number of rotatable bonds is 8. The van der Waals surface area contributed by atoms with Crippen molar-refractivity contribution < 1.29 is 9.18 Å². The minimum Gasteiger partial charge on any atom is -0.354 e. The van der Waals surface area contributed by atoms with Gasteiger partial charge in [-0.05, 0) is 49.7 Å². The maximum Gasteiger partial charge on any atom is 0.225 e. The second-order valence-electron chi connectivity index (χ2n) is 6.21. The third-order valence-corrected chi connectivity index (χ3v) is 4.39. The van der Waals surface area contributed by atoms with Gasteiger partial charge in [0.25, 0.3) is 0 Å². The van der Waals surface area contributed by atoms with Crippen molar-refractivity contribution in [2.75, 3.05) is 23.3 Å². The molecule has 144 valence electrons. The largest absolute Gasteiger partial charge is 0.354 e. The summed E-state index contributed by atoms with van der Waals surface area (Å²) >= 11 is 0. The van der Waals surface area contributed by atoms with Gasteiger partial charge in [0, 0.05) is 43.8 Å². The van der Waals surface area contributed by atoms with E-state index in [1.54, 1.807) is 43.0 Å². The molecule has 0 aliphatic heterocycles. The summed E-state index contributed by atoms with van der Waals surface area (Å²) in [5, 5.41) is 3.18. The zero-order valence-corrected chi connectivity index (χ0v) is 15.9. The van der Waals surface area contributed by atoms with Gasteiger partial charge in [-0.2, -0.15) is 0 Å². The first kappa shape index (κ1) is 19.4. The van der Waals surface area contributed by atoms with E-state index in [0.29, 0.717) is 17.2 Å². The molecule has 0 saturated heterocycles. The molecular formula is C21H22FN5O. The molecule has 0 bridgehead atoms. The molecule has 0 aliphatic rings. The average molecular weight is 379 g/mol. The average Bonchev–Trinajstić information content (AvgIpc) is 2.72. The van der Waals surface area contributed by atoms with Crippen LogP contribution in [0.5, 0.6) is 0 Å². The third-order valence-electron chi connectivity index (χ3n) is 4.39. The van der Waals surface area contributed by atoms with E-state index in [9.17, 15) is 9.18 Å². The molecular weight excluding hydrogens is 357 g/mol. The van der Waals surface area contributed by atoms with E-state index in [1.807, 2.05) is 18.7 Å². The summed E-state index contributed by atoms with van der Waals surface area (Å²) in [5.74, 6) is 0.226. The first-order chi connectivity index (χ1) is 13.6. The standard InChI is InChI=1S/C21H22FN5O/c1-3-27(4-2)21-24-12-16(13-25-21)20(28)11-15-9-10-23-14-19(15)26-18-7-5-17(22)6-8-18/h5-10,12-14,26H,3-4,11H2,1-2H3. The van der Waals surface area contributed by atoms with Gasteiger partial charge in [-0.15, -0.1) is 0 Å². The van der Waals surface area contributed by atoms with Crippen LogP contribution in [-0.4, -0.2) is 33.8 Å². The van der Waals surface area contributed by atoms with Gasteiger partial charge >= 0.3 is 0 Å². The SMILES string of the molecule is CCN(CC)c1ncc(C(=O)Cc2ccncc2Nc2ccc(F)cc2)cn1. The number of ketones is 1. The van der Waals surface area contributed by atoms with Gasteiger partial charge in [-0.1, -0.05) is 0 Å². The Morgan fingerprint density at radius 1 is 1.04 bits per heavy atom. The van der Waals surface area contributed by atoms with E-state index in [2.05, 4.69) is 20.3 Å². The maximum absolute atomic E-state index is 13.1. The van der Waals surface area contributed by atoms with Crippen LogP contribution in [0, 0.1) is 5.82 Å². The van der Waals surface area contributed by atoms with Crippen molar-refractivity contribution in [3.8, 4) is 0 Å². The molecule has 3 aromatic rings. The molecule has 7 heteroatoms. The van der Waals surface area contributed by atoms with Crippen LogP contribution in [0.3, 0.4) is 0 Å². The fourth-order valence-corrected chi connectivity index (χ4v) is 2.79. The number of Topliss-reactive ketones (excluding diaryl/α,β-unsaturated/α-hetero) is 1. The minimum absolute atomic E-state index is 0.0838. The summed E-state index contributed by atoms with van der Waals surface area (Å²) in [5.41, 5.74) is 2.66. The second kappa shape index (κ2) is 9.03. The fraction of sp³-hybridized carbons (Fsp3) is 0.238. The van der Waals surface area contributed by atoms with Crippen molar-refractivity contribution >= 4 is 23.1 Å². The van der Waals surface area contributed by atoms with E-state index >= 15 is 0 Å². The molecule has 2 heterocycles.